The molecule has 3 rings (SSSR count). The first-order valence-corrected chi connectivity index (χ1v) is 7.90. The van der Waals surface area contributed by atoms with Gasteiger partial charge in [0.2, 0.25) is 5.91 Å². The number of hydrogen-bond acceptors (Lipinski definition) is 3. The van der Waals surface area contributed by atoms with Gasteiger partial charge in [0, 0.05) is 31.0 Å². The zero-order chi connectivity index (χ0) is 16.1. The van der Waals surface area contributed by atoms with Gasteiger partial charge in [-0.05, 0) is 26.7 Å². The highest BCUT2D eigenvalue weighted by Crippen LogP contribution is 2.55. The highest BCUT2D eigenvalue weighted by molar-refractivity contribution is 5.83. The van der Waals surface area contributed by atoms with E-state index < -0.39 is 23.7 Å². The van der Waals surface area contributed by atoms with Crippen molar-refractivity contribution in [1.82, 2.24) is 19.7 Å². The van der Waals surface area contributed by atoms with E-state index >= 15 is 0 Å². The number of hydrogen-bond donors (Lipinski definition) is 0. The molecular weight excluding hydrogens is 290 g/mol. The molecule has 0 spiro atoms. The molecule has 0 aromatic carbocycles. The Morgan fingerprint density at radius 1 is 1.45 bits per heavy atom. The van der Waals surface area contributed by atoms with Gasteiger partial charge in [0.05, 0.1) is 0 Å². The average Bonchev–Trinajstić information content (AvgIpc) is 2.85. The third kappa shape index (κ3) is 2.40. The standard InChI is InChI=1S/C15H22F2N4O/c1-9(2)21-8-18-19-13(21)11-5-4-6-20(7-11)14(22)12-10(3)15(12,16)17/h8-12H,4-7H2,1-3H3. The quantitative estimate of drug-likeness (QED) is 0.861. The average molecular weight is 312 g/mol. The molecule has 2 aliphatic rings. The number of carbonyl (C=O) groups excluding carboxylic acids is 1. The van der Waals surface area contributed by atoms with Crippen molar-refractivity contribution in [2.24, 2.45) is 11.8 Å². The van der Waals surface area contributed by atoms with Gasteiger partial charge in [-0.15, -0.1) is 10.2 Å². The fraction of sp³-hybridized carbons (Fsp3) is 0.800. The van der Waals surface area contributed by atoms with Crippen molar-refractivity contribution in [2.75, 3.05) is 13.1 Å². The fourth-order valence-electron chi connectivity index (χ4n) is 3.38. The van der Waals surface area contributed by atoms with Crippen molar-refractivity contribution < 1.29 is 13.6 Å². The van der Waals surface area contributed by atoms with E-state index in [1.165, 1.54) is 6.92 Å². The van der Waals surface area contributed by atoms with E-state index in [1.807, 2.05) is 18.4 Å². The Morgan fingerprint density at radius 2 is 2.14 bits per heavy atom. The van der Waals surface area contributed by atoms with E-state index in [1.54, 1.807) is 11.2 Å². The van der Waals surface area contributed by atoms with Crippen LogP contribution < -0.4 is 0 Å². The van der Waals surface area contributed by atoms with Gasteiger partial charge in [-0.25, -0.2) is 8.78 Å². The molecule has 2 fully saturated rings. The number of halogens is 2. The summed E-state index contributed by atoms with van der Waals surface area (Å²) in [6.45, 7) is 6.56. The second kappa shape index (κ2) is 5.28. The zero-order valence-electron chi connectivity index (χ0n) is 13.2. The van der Waals surface area contributed by atoms with Gasteiger partial charge < -0.3 is 9.47 Å². The van der Waals surface area contributed by atoms with Gasteiger partial charge in [-0.1, -0.05) is 6.92 Å². The third-order valence-electron chi connectivity index (χ3n) is 4.93. The molecule has 1 saturated carbocycles. The van der Waals surface area contributed by atoms with E-state index in [2.05, 4.69) is 10.2 Å². The summed E-state index contributed by atoms with van der Waals surface area (Å²) in [5, 5.41) is 8.15. The summed E-state index contributed by atoms with van der Waals surface area (Å²) in [5.41, 5.74) is 0. The van der Waals surface area contributed by atoms with Crippen molar-refractivity contribution in [1.29, 1.82) is 0 Å². The van der Waals surface area contributed by atoms with Crippen LogP contribution in [0.25, 0.3) is 0 Å². The molecule has 2 heterocycles. The van der Waals surface area contributed by atoms with Crippen LogP contribution in [0.15, 0.2) is 6.33 Å². The monoisotopic (exact) mass is 312 g/mol. The van der Waals surface area contributed by atoms with Crippen LogP contribution >= 0.6 is 0 Å². The number of alkyl halides is 2. The van der Waals surface area contributed by atoms with Crippen molar-refractivity contribution in [3.8, 4) is 0 Å². The minimum atomic E-state index is -2.83. The van der Waals surface area contributed by atoms with E-state index in [0.717, 1.165) is 18.7 Å². The van der Waals surface area contributed by atoms with Crippen LogP contribution in [0.3, 0.4) is 0 Å². The Balaban J connectivity index is 1.72. The molecule has 1 aromatic rings. The summed E-state index contributed by atoms with van der Waals surface area (Å²) in [5.74, 6) is -4.28. The second-order valence-electron chi connectivity index (χ2n) is 6.75. The zero-order valence-corrected chi connectivity index (χ0v) is 13.2. The first-order chi connectivity index (χ1) is 10.3. The molecule has 122 valence electrons. The maximum Gasteiger partial charge on any atom is 0.263 e. The Bertz CT molecular complexity index is 572. The van der Waals surface area contributed by atoms with E-state index in [4.69, 9.17) is 0 Å². The van der Waals surface area contributed by atoms with Gasteiger partial charge in [-0.2, -0.15) is 0 Å². The largest absolute Gasteiger partial charge is 0.342 e. The summed E-state index contributed by atoms with van der Waals surface area (Å²) >= 11 is 0. The summed E-state index contributed by atoms with van der Waals surface area (Å²) in [4.78, 5) is 13.9. The molecule has 0 bridgehead atoms. The Kier molecular flexibility index (Phi) is 3.69. The summed E-state index contributed by atoms with van der Waals surface area (Å²) in [6, 6.07) is 0.240. The summed E-state index contributed by atoms with van der Waals surface area (Å²) in [7, 11) is 0. The molecule has 1 aromatic heterocycles. The Labute approximate surface area is 128 Å². The lowest BCUT2D eigenvalue weighted by Gasteiger charge is -2.33. The number of amides is 1. The summed E-state index contributed by atoms with van der Waals surface area (Å²) in [6.07, 6.45) is 3.41. The van der Waals surface area contributed by atoms with Crippen molar-refractivity contribution in [2.45, 2.75) is 51.5 Å². The molecule has 22 heavy (non-hydrogen) atoms. The highest BCUT2D eigenvalue weighted by Gasteiger charge is 2.70. The Morgan fingerprint density at radius 3 is 2.73 bits per heavy atom. The lowest BCUT2D eigenvalue weighted by molar-refractivity contribution is -0.136. The predicted molar refractivity (Wildman–Crippen MR) is 76.6 cm³/mol. The molecular formula is C15H22F2N4O. The normalized spacial score (nSPS) is 30.6. The van der Waals surface area contributed by atoms with Crippen LogP contribution in [0.2, 0.25) is 0 Å². The maximum absolute atomic E-state index is 13.5. The number of carbonyl (C=O) groups is 1. The van der Waals surface area contributed by atoms with Crippen LogP contribution in [0, 0.1) is 11.8 Å². The van der Waals surface area contributed by atoms with Crippen LogP contribution in [0.1, 0.15) is 51.4 Å². The molecule has 0 radical (unpaired) electrons. The topological polar surface area (TPSA) is 51.0 Å². The van der Waals surface area contributed by atoms with Gasteiger partial charge in [0.1, 0.15) is 18.1 Å². The molecule has 1 amide bonds. The van der Waals surface area contributed by atoms with Crippen molar-refractivity contribution in [3.05, 3.63) is 12.2 Å². The third-order valence-corrected chi connectivity index (χ3v) is 4.93. The molecule has 0 N–H and O–H groups in total. The van der Waals surface area contributed by atoms with Gasteiger partial charge >= 0.3 is 0 Å². The number of nitrogens with zero attached hydrogens (tertiary/aromatic N) is 4. The maximum atomic E-state index is 13.5. The van der Waals surface area contributed by atoms with E-state index in [0.29, 0.717) is 13.1 Å². The lowest BCUT2D eigenvalue weighted by atomic mass is 9.96. The number of rotatable bonds is 3. The smallest absolute Gasteiger partial charge is 0.263 e. The SMILES string of the molecule is CC(C)n1cnnc1C1CCCN(C(=O)C2C(C)C2(F)F)C1. The van der Waals surface area contributed by atoms with Crippen molar-refractivity contribution in [3.63, 3.8) is 0 Å². The predicted octanol–water partition coefficient (Wildman–Crippen LogP) is 2.47. The van der Waals surface area contributed by atoms with Crippen molar-refractivity contribution >= 4 is 5.91 Å². The van der Waals surface area contributed by atoms with Crippen LogP contribution in [-0.4, -0.2) is 44.6 Å². The van der Waals surface area contributed by atoms with Gasteiger partial charge in [0.15, 0.2) is 0 Å². The first kappa shape index (κ1) is 15.4. The lowest BCUT2D eigenvalue weighted by Crippen LogP contribution is -2.41. The van der Waals surface area contributed by atoms with Crippen LogP contribution in [0.5, 0.6) is 0 Å². The van der Waals surface area contributed by atoms with Gasteiger partial charge in [0.25, 0.3) is 5.92 Å². The number of likely N-dealkylation sites (tertiary alicyclic amines) is 1. The minimum Gasteiger partial charge on any atom is -0.342 e. The number of piperidine rings is 1. The Hall–Kier alpha value is -1.53. The molecule has 1 aliphatic heterocycles. The summed E-state index contributed by atoms with van der Waals surface area (Å²) < 4.78 is 28.9. The first-order valence-electron chi connectivity index (χ1n) is 7.90. The molecule has 5 nitrogen and oxygen atoms in total. The highest BCUT2D eigenvalue weighted by atomic mass is 19.3. The molecule has 3 unspecified atom stereocenters. The minimum absolute atomic E-state index is 0.0743. The molecule has 7 heteroatoms. The molecule has 1 saturated heterocycles. The van der Waals surface area contributed by atoms with E-state index in [-0.39, 0.29) is 12.0 Å². The van der Waals surface area contributed by atoms with Crippen LogP contribution in [-0.2, 0) is 4.79 Å². The van der Waals surface area contributed by atoms with Crippen LogP contribution in [0.4, 0.5) is 8.78 Å². The molecule has 1 aliphatic carbocycles. The second-order valence-corrected chi connectivity index (χ2v) is 6.75. The molecule has 3 atom stereocenters. The van der Waals surface area contributed by atoms with Gasteiger partial charge in [-0.3, -0.25) is 4.79 Å². The van der Waals surface area contributed by atoms with E-state index in [9.17, 15) is 13.6 Å². The fourth-order valence-corrected chi connectivity index (χ4v) is 3.38. The number of aromatic nitrogens is 3.